The molecule has 0 amide bonds. The van der Waals surface area contributed by atoms with Crippen LogP contribution in [0.25, 0.3) is 0 Å². The second-order valence-corrected chi connectivity index (χ2v) is 3.48. The van der Waals surface area contributed by atoms with Gasteiger partial charge in [0.25, 0.3) is 0 Å². The first-order valence-electron chi connectivity index (χ1n) is 3.14. The van der Waals surface area contributed by atoms with Gasteiger partial charge in [0.2, 0.25) is 5.16 Å². The highest BCUT2D eigenvalue weighted by atomic mass is 32.2. The average molecular weight is 210 g/mol. The Hall–Kier alpha value is -0.980. The van der Waals surface area contributed by atoms with E-state index in [1.165, 1.54) is 6.26 Å². The summed E-state index contributed by atoms with van der Waals surface area (Å²) >= 11 is 0. The molecule has 0 unspecified atom stereocenters. The van der Waals surface area contributed by atoms with Crippen LogP contribution in [0.4, 0.5) is 13.2 Å². The van der Waals surface area contributed by atoms with Crippen molar-refractivity contribution in [3.05, 3.63) is 18.0 Å². The smallest absolute Gasteiger partial charge is 0.251 e. The third-order valence-corrected chi connectivity index (χ3v) is 1.94. The lowest BCUT2D eigenvalue weighted by molar-refractivity contribution is -0.138. The summed E-state index contributed by atoms with van der Waals surface area (Å²) in [6.45, 7) is 0. The Kier molecular flexibility index (Phi) is 2.65. The fourth-order valence-electron chi connectivity index (χ4n) is 0.611. The second kappa shape index (κ2) is 3.41. The maximum atomic E-state index is 12.0. The van der Waals surface area contributed by atoms with Crippen LogP contribution in [0.5, 0.6) is 0 Å². The van der Waals surface area contributed by atoms with Crippen LogP contribution in [0.15, 0.2) is 17.6 Å². The summed E-state index contributed by atoms with van der Waals surface area (Å²) < 4.78 is 46.6. The van der Waals surface area contributed by atoms with Crippen LogP contribution >= 0.6 is 0 Å². The molecular formula is C6H5F3N2OS. The van der Waals surface area contributed by atoms with Gasteiger partial charge < -0.3 is 0 Å². The van der Waals surface area contributed by atoms with Crippen molar-refractivity contribution >= 4 is 10.8 Å². The number of hydrogen-bond acceptors (Lipinski definition) is 3. The molecule has 0 aliphatic heterocycles. The number of halogens is 3. The molecule has 7 heteroatoms. The molecule has 0 saturated heterocycles. The lowest BCUT2D eigenvalue weighted by atomic mass is 10.3. The number of aromatic nitrogens is 2. The summed E-state index contributed by atoms with van der Waals surface area (Å²) in [5, 5.41) is -0.104. The van der Waals surface area contributed by atoms with Crippen molar-refractivity contribution < 1.29 is 17.4 Å². The average Bonchev–Trinajstić information content (AvgIpc) is 2.03. The molecule has 0 N–H and O–H groups in total. The molecule has 1 rings (SSSR count). The van der Waals surface area contributed by atoms with Crippen molar-refractivity contribution in [1.29, 1.82) is 0 Å². The van der Waals surface area contributed by atoms with Gasteiger partial charge in [-0.2, -0.15) is 13.2 Å². The van der Waals surface area contributed by atoms with Crippen LogP contribution in [0.3, 0.4) is 0 Å². The summed E-state index contributed by atoms with van der Waals surface area (Å²) in [6, 6.07) is 0. The molecule has 1 heterocycles. The van der Waals surface area contributed by atoms with Crippen molar-refractivity contribution in [2.75, 3.05) is 6.26 Å². The third-order valence-electron chi connectivity index (χ3n) is 1.21. The first kappa shape index (κ1) is 10.1. The zero-order valence-electron chi connectivity index (χ0n) is 6.50. The number of hydrogen-bond donors (Lipinski definition) is 0. The molecule has 1 aromatic rings. The maximum absolute atomic E-state index is 12.0. The van der Waals surface area contributed by atoms with E-state index in [2.05, 4.69) is 9.97 Å². The number of alkyl halides is 3. The molecule has 0 aliphatic rings. The van der Waals surface area contributed by atoms with Gasteiger partial charge in [-0.05, 0) is 0 Å². The highest BCUT2D eigenvalue weighted by molar-refractivity contribution is 7.84. The minimum atomic E-state index is -4.45. The van der Waals surface area contributed by atoms with Crippen molar-refractivity contribution in [3.8, 4) is 0 Å². The Labute approximate surface area is 74.5 Å². The topological polar surface area (TPSA) is 42.9 Å². The van der Waals surface area contributed by atoms with Gasteiger partial charge in [-0.15, -0.1) is 0 Å². The van der Waals surface area contributed by atoms with Crippen LogP contribution in [0.1, 0.15) is 5.56 Å². The fraction of sp³-hybridized carbons (Fsp3) is 0.333. The molecule has 0 spiro atoms. The van der Waals surface area contributed by atoms with Crippen LogP contribution in [0.2, 0.25) is 0 Å². The monoisotopic (exact) mass is 210 g/mol. The summed E-state index contributed by atoms with van der Waals surface area (Å²) in [4.78, 5) is 6.63. The Morgan fingerprint density at radius 1 is 1.31 bits per heavy atom. The molecule has 0 aliphatic carbocycles. The van der Waals surface area contributed by atoms with Crippen molar-refractivity contribution in [3.63, 3.8) is 0 Å². The molecule has 0 bridgehead atoms. The van der Waals surface area contributed by atoms with E-state index in [1.807, 2.05) is 0 Å². The second-order valence-electron chi connectivity index (χ2n) is 2.21. The van der Waals surface area contributed by atoms with E-state index in [0.29, 0.717) is 12.4 Å². The van der Waals surface area contributed by atoms with Crippen molar-refractivity contribution in [1.82, 2.24) is 9.97 Å². The van der Waals surface area contributed by atoms with E-state index < -0.39 is 22.5 Å². The number of nitrogens with zero attached hydrogens (tertiary/aromatic N) is 2. The summed E-state index contributed by atoms with van der Waals surface area (Å²) in [6.07, 6.45) is -1.93. The summed E-state index contributed by atoms with van der Waals surface area (Å²) in [5.74, 6) is 0. The molecule has 0 radical (unpaired) electrons. The van der Waals surface area contributed by atoms with E-state index in [-0.39, 0.29) is 5.16 Å². The van der Waals surface area contributed by atoms with E-state index in [9.17, 15) is 17.4 Å². The van der Waals surface area contributed by atoms with Crippen LogP contribution in [-0.2, 0) is 17.0 Å². The lowest BCUT2D eigenvalue weighted by Crippen LogP contribution is -2.07. The molecule has 1 atom stereocenters. The molecule has 13 heavy (non-hydrogen) atoms. The first-order chi connectivity index (χ1) is 5.91. The van der Waals surface area contributed by atoms with E-state index in [0.717, 1.165) is 0 Å². The molecule has 1 aromatic heterocycles. The van der Waals surface area contributed by atoms with E-state index in [4.69, 9.17) is 0 Å². The predicted molar refractivity (Wildman–Crippen MR) is 39.4 cm³/mol. The van der Waals surface area contributed by atoms with Gasteiger partial charge in [0.15, 0.2) is 0 Å². The minimum Gasteiger partial charge on any atom is -0.251 e. The van der Waals surface area contributed by atoms with Crippen LogP contribution < -0.4 is 0 Å². The largest absolute Gasteiger partial charge is 0.419 e. The molecule has 0 fully saturated rings. The summed E-state index contributed by atoms with van der Waals surface area (Å²) in [7, 11) is -1.45. The van der Waals surface area contributed by atoms with Crippen molar-refractivity contribution in [2.24, 2.45) is 0 Å². The van der Waals surface area contributed by atoms with Gasteiger partial charge in [-0.25, -0.2) is 9.97 Å². The van der Waals surface area contributed by atoms with Gasteiger partial charge in [0.1, 0.15) is 0 Å². The van der Waals surface area contributed by atoms with Gasteiger partial charge in [0, 0.05) is 18.6 Å². The first-order valence-corrected chi connectivity index (χ1v) is 4.70. The Morgan fingerprint density at radius 2 is 1.77 bits per heavy atom. The Morgan fingerprint density at radius 3 is 2.08 bits per heavy atom. The highest BCUT2D eigenvalue weighted by Gasteiger charge is 2.31. The molecular weight excluding hydrogens is 205 g/mol. The SMILES string of the molecule is C[S@](=O)c1ncc(C(F)(F)F)cn1. The predicted octanol–water partition coefficient (Wildman–Crippen LogP) is 1.23. The van der Waals surface area contributed by atoms with Crippen LogP contribution in [0, 0.1) is 0 Å². The lowest BCUT2D eigenvalue weighted by Gasteiger charge is -2.04. The van der Waals surface area contributed by atoms with E-state index in [1.54, 1.807) is 0 Å². The quantitative estimate of drug-likeness (QED) is 0.655. The normalized spacial score (nSPS) is 14.2. The Balaban J connectivity index is 3.01. The molecule has 0 aromatic carbocycles. The van der Waals surface area contributed by atoms with Crippen LogP contribution in [-0.4, -0.2) is 20.4 Å². The van der Waals surface area contributed by atoms with Gasteiger partial charge >= 0.3 is 6.18 Å². The highest BCUT2D eigenvalue weighted by Crippen LogP contribution is 2.27. The van der Waals surface area contributed by atoms with Gasteiger partial charge in [-0.3, -0.25) is 4.21 Å². The van der Waals surface area contributed by atoms with Gasteiger partial charge in [-0.1, -0.05) is 0 Å². The van der Waals surface area contributed by atoms with Gasteiger partial charge in [0.05, 0.1) is 16.4 Å². The Bertz CT molecular complexity index is 322. The van der Waals surface area contributed by atoms with Crippen molar-refractivity contribution in [2.45, 2.75) is 11.3 Å². The molecule has 0 saturated carbocycles. The fourth-order valence-corrected chi connectivity index (χ4v) is 1.01. The third kappa shape index (κ3) is 2.48. The number of rotatable bonds is 1. The molecule has 72 valence electrons. The molecule has 3 nitrogen and oxygen atoms in total. The minimum absolute atomic E-state index is 0.104. The van der Waals surface area contributed by atoms with E-state index >= 15 is 0 Å². The maximum Gasteiger partial charge on any atom is 0.419 e. The summed E-state index contributed by atoms with van der Waals surface area (Å²) in [5.41, 5.74) is -0.943. The standard InChI is InChI=1S/C6H5F3N2OS/c1-13(12)5-10-2-4(3-11-5)6(7,8)9/h2-3H,1H3/t13-/m0/s1. The zero-order valence-corrected chi connectivity index (χ0v) is 7.32. The zero-order chi connectivity index (χ0) is 10.1.